The topological polar surface area (TPSA) is 48.5 Å². The third-order valence-corrected chi connectivity index (χ3v) is 5.07. The van der Waals surface area contributed by atoms with Crippen LogP contribution in [0.4, 0.5) is 4.39 Å². The Hall–Kier alpha value is -2.15. The zero-order valence-electron chi connectivity index (χ0n) is 13.4. The monoisotopic (exact) mass is 343 g/mol. The van der Waals surface area contributed by atoms with Crippen molar-refractivity contribution in [2.75, 3.05) is 0 Å². The van der Waals surface area contributed by atoms with E-state index in [0.717, 1.165) is 28.9 Å². The third-order valence-electron chi connectivity index (χ3n) is 4.07. The molecule has 3 aromatic rings. The van der Waals surface area contributed by atoms with Crippen molar-refractivity contribution in [1.82, 2.24) is 24.5 Å². The van der Waals surface area contributed by atoms with Crippen LogP contribution in [0.25, 0.3) is 5.69 Å². The molecule has 0 saturated heterocycles. The van der Waals surface area contributed by atoms with E-state index in [9.17, 15) is 4.39 Å². The van der Waals surface area contributed by atoms with Crippen LogP contribution in [0.2, 0.25) is 0 Å². The summed E-state index contributed by atoms with van der Waals surface area (Å²) in [5.74, 6) is 2.16. The average Bonchev–Trinajstić information content (AvgIpc) is 3.18. The first-order valence-electron chi connectivity index (χ1n) is 8.11. The summed E-state index contributed by atoms with van der Waals surface area (Å²) in [4.78, 5) is 0. The second kappa shape index (κ2) is 6.39. The Labute approximate surface area is 143 Å². The van der Waals surface area contributed by atoms with Crippen LogP contribution >= 0.6 is 11.8 Å². The molecule has 0 amide bonds. The number of aromatic nitrogens is 5. The molecular weight excluding hydrogens is 325 g/mol. The van der Waals surface area contributed by atoms with Crippen LogP contribution in [-0.4, -0.2) is 24.5 Å². The van der Waals surface area contributed by atoms with Gasteiger partial charge in [0, 0.05) is 24.4 Å². The predicted octanol–water partition coefficient (Wildman–Crippen LogP) is 3.79. The van der Waals surface area contributed by atoms with Gasteiger partial charge >= 0.3 is 0 Å². The summed E-state index contributed by atoms with van der Waals surface area (Å²) in [6.07, 6.45) is 4.30. The van der Waals surface area contributed by atoms with Gasteiger partial charge < -0.3 is 4.57 Å². The molecular formula is C17H18FN5S. The fourth-order valence-corrected chi connectivity index (χ4v) is 3.60. The lowest BCUT2D eigenvalue weighted by Gasteiger charge is -2.05. The Balaban J connectivity index is 1.47. The van der Waals surface area contributed by atoms with E-state index in [0.29, 0.717) is 11.7 Å². The molecule has 1 aliphatic carbocycles. The van der Waals surface area contributed by atoms with Gasteiger partial charge in [-0.25, -0.2) is 9.07 Å². The molecule has 4 rings (SSSR count). The standard InChI is InChI=1S/C17H18FN5S/c1-2-22-16(12-6-7-12)19-20-17(22)24-11-14-8-9-23(21-14)15-5-3-4-13(18)10-15/h3-5,8-10,12H,2,6-7,11H2,1H3. The minimum Gasteiger partial charge on any atom is -0.306 e. The highest BCUT2D eigenvalue weighted by molar-refractivity contribution is 7.98. The maximum atomic E-state index is 13.3. The number of benzene rings is 1. The number of hydrogen-bond donors (Lipinski definition) is 0. The summed E-state index contributed by atoms with van der Waals surface area (Å²) in [7, 11) is 0. The van der Waals surface area contributed by atoms with E-state index in [1.165, 1.54) is 25.0 Å². The fraction of sp³-hybridized carbons (Fsp3) is 0.353. The van der Waals surface area contributed by atoms with E-state index in [4.69, 9.17) is 0 Å². The molecule has 2 heterocycles. The van der Waals surface area contributed by atoms with Crippen LogP contribution in [0.5, 0.6) is 0 Å². The first kappa shape index (κ1) is 15.4. The molecule has 124 valence electrons. The van der Waals surface area contributed by atoms with Crippen LogP contribution in [0.3, 0.4) is 0 Å². The van der Waals surface area contributed by atoms with Crippen molar-refractivity contribution in [3.05, 3.63) is 53.9 Å². The molecule has 1 aliphatic rings. The molecule has 24 heavy (non-hydrogen) atoms. The summed E-state index contributed by atoms with van der Waals surface area (Å²) >= 11 is 1.64. The highest BCUT2D eigenvalue weighted by Crippen LogP contribution is 2.40. The molecule has 0 aliphatic heterocycles. The fourth-order valence-electron chi connectivity index (χ4n) is 2.69. The largest absolute Gasteiger partial charge is 0.306 e. The van der Waals surface area contributed by atoms with Gasteiger partial charge in [0.25, 0.3) is 0 Å². The molecule has 0 radical (unpaired) electrons. The van der Waals surface area contributed by atoms with Gasteiger partial charge in [0.05, 0.1) is 11.4 Å². The third kappa shape index (κ3) is 3.08. The molecule has 2 aromatic heterocycles. The quantitative estimate of drug-likeness (QED) is 0.639. The Morgan fingerprint density at radius 3 is 2.88 bits per heavy atom. The molecule has 1 saturated carbocycles. The summed E-state index contributed by atoms with van der Waals surface area (Å²) in [5, 5.41) is 14.1. The lowest BCUT2D eigenvalue weighted by Crippen LogP contribution is -2.02. The zero-order chi connectivity index (χ0) is 16.5. The highest BCUT2D eigenvalue weighted by Gasteiger charge is 2.29. The normalized spacial score (nSPS) is 14.2. The number of halogens is 1. The van der Waals surface area contributed by atoms with Gasteiger partial charge in [0.15, 0.2) is 5.16 Å². The summed E-state index contributed by atoms with van der Waals surface area (Å²) in [6.45, 7) is 3.01. The highest BCUT2D eigenvalue weighted by atomic mass is 32.2. The second-order valence-corrected chi connectivity index (χ2v) is 6.82. The summed E-state index contributed by atoms with van der Waals surface area (Å²) in [6, 6.07) is 8.37. The van der Waals surface area contributed by atoms with Gasteiger partial charge in [0.1, 0.15) is 11.6 Å². The molecule has 0 N–H and O–H groups in total. The van der Waals surface area contributed by atoms with Gasteiger partial charge in [-0.3, -0.25) is 0 Å². The van der Waals surface area contributed by atoms with Gasteiger partial charge in [0.2, 0.25) is 0 Å². The predicted molar refractivity (Wildman–Crippen MR) is 90.8 cm³/mol. The van der Waals surface area contributed by atoms with Crippen LogP contribution in [-0.2, 0) is 12.3 Å². The Bertz CT molecular complexity index is 852. The lowest BCUT2D eigenvalue weighted by molar-refractivity contribution is 0.625. The molecule has 0 spiro atoms. The van der Waals surface area contributed by atoms with Crippen molar-refractivity contribution < 1.29 is 4.39 Å². The number of thioether (sulfide) groups is 1. The van der Waals surface area contributed by atoms with Crippen molar-refractivity contribution in [2.24, 2.45) is 0 Å². The van der Waals surface area contributed by atoms with Gasteiger partial charge in [-0.2, -0.15) is 5.10 Å². The Kier molecular flexibility index (Phi) is 4.10. The molecule has 0 atom stereocenters. The van der Waals surface area contributed by atoms with E-state index in [1.54, 1.807) is 22.5 Å². The number of nitrogens with zero attached hydrogens (tertiary/aromatic N) is 5. The minimum absolute atomic E-state index is 0.262. The summed E-state index contributed by atoms with van der Waals surface area (Å²) < 4.78 is 17.2. The van der Waals surface area contributed by atoms with E-state index in [1.807, 2.05) is 18.3 Å². The zero-order valence-corrected chi connectivity index (χ0v) is 14.2. The van der Waals surface area contributed by atoms with E-state index < -0.39 is 0 Å². The first-order valence-corrected chi connectivity index (χ1v) is 9.09. The van der Waals surface area contributed by atoms with Gasteiger partial charge in [-0.15, -0.1) is 10.2 Å². The molecule has 1 fully saturated rings. The van der Waals surface area contributed by atoms with Gasteiger partial charge in [-0.1, -0.05) is 17.8 Å². The Morgan fingerprint density at radius 1 is 1.25 bits per heavy atom. The van der Waals surface area contributed by atoms with Gasteiger partial charge in [-0.05, 0) is 44.0 Å². The minimum atomic E-state index is -0.262. The second-order valence-electron chi connectivity index (χ2n) is 5.88. The van der Waals surface area contributed by atoms with E-state index in [2.05, 4.69) is 26.8 Å². The molecule has 1 aromatic carbocycles. The molecule has 7 heteroatoms. The first-order chi connectivity index (χ1) is 11.7. The van der Waals surface area contributed by atoms with E-state index >= 15 is 0 Å². The van der Waals surface area contributed by atoms with Crippen LogP contribution in [0.1, 0.15) is 37.2 Å². The van der Waals surface area contributed by atoms with Crippen molar-refractivity contribution in [3.63, 3.8) is 0 Å². The van der Waals surface area contributed by atoms with Crippen LogP contribution in [0, 0.1) is 5.82 Å². The lowest BCUT2D eigenvalue weighted by atomic mass is 10.3. The maximum absolute atomic E-state index is 13.3. The molecule has 0 unspecified atom stereocenters. The smallest absolute Gasteiger partial charge is 0.191 e. The maximum Gasteiger partial charge on any atom is 0.191 e. The van der Waals surface area contributed by atoms with Crippen molar-refractivity contribution in [3.8, 4) is 5.69 Å². The molecule has 0 bridgehead atoms. The molecule has 5 nitrogen and oxygen atoms in total. The SMILES string of the molecule is CCn1c(SCc2ccn(-c3cccc(F)c3)n2)nnc1C1CC1. The average molecular weight is 343 g/mol. The van der Waals surface area contributed by atoms with Crippen LogP contribution in [0.15, 0.2) is 41.7 Å². The van der Waals surface area contributed by atoms with Crippen molar-refractivity contribution in [1.29, 1.82) is 0 Å². The number of rotatable bonds is 6. The van der Waals surface area contributed by atoms with Crippen molar-refractivity contribution >= 4 is 11.8 Å². The van der Waals surface area contributed by atoms with Crippen LogP contribution < -0.4 is 0 Å². The van der Waals surface area contributed by atoms with E-state index in [-0.39, 0.29) is 5.82 Å². The summed E-state index contributed by atoms with van der Waals surface area (Å²) in [5.41, 5.74) is 1.65. The number of hydrogen-bond acceptors (Lipinski definition) is 4. The van der Waals surface area contributed by atoms with Crippen molar-refractivity contribution in [2.45, 2.75) is 43.1 Å². The Morgan fingerprint density at radius 2 is 2.12 bits per heavy atom.